The van der Waals surface area contributed by atoms with Gasteiger partial charge in [0.15, 0.2) is 5.78 Å². The fraction of sp³-hybridized carbons (Fsp3) is 0.500. The second-order valence-corrected chi connectivity index (χ2v) is 2.91. The Morgan fingerprint density at radius 3 is 2.77 bits per heavy atom. The molecule has 1 aromatic heterocycles. The lowest BCUT2D eigenvalue weighted by Crippen LogP contribution is -2.22. The molecule has 13 heavy (non-hydrogen) atoms. The molecule has 0 aliphatic carbocycles. The third-order valence-corrected chi connectivity index (χ3v) is 1.82. The molecular formula is C8H14N4O. The third kappa shape index (κ3) is 2.29. The number of carbonyl (C=O) groups is 1. The highest BCUT2D eigenvalue weighted by Gasteiger charge is 2.06. The molecule has 1 heterocycles. The zero-order chi connectivity index (χ0) is 9.84. The average Bonchev–Trinajstić information content (AvgIpc) is 2.43. The number of hydrogen-bond donors (Lipinski definition) is 3. The second-order valence-electron chi connectivity index (χ2n) is 2.91. The highest BCUT2D eigenvalue weighted by Crippen LogP contribution is 2.14. The Bertz CT molecular complexity index is 286. The van der Waals surface area contributed by atoms with E-state index in [0.717, 1.165) is 17.1 Å². The SMILES string of the molecule is Cc1n[nH]c(C)c1NCC(=O)CN. The number of aromatic amines is 1. The Balaban J connectivity index is 2.58. The van der Waals surface area contributed by atoms with Crippen molar-refractivity contribution in [1.82, 2.24) is 10.2 Å². The zero-order valence-electron chi connectivity index (χ0n) is 7.85. The van der Waals surface area contributed by atoms with Gasteiger partial charge in [-0.1, -0.05) is 0 Å². The maximum atomic E-state index is 10.9. The van der Waals surface area contributed by atoms with Gasteiger partial charge in [-0.05, 0) is 13.8 Å². The molecule has 0 bridgehead atoms. The molecule has 5 heteroatoms. The Kier molecular flexibility index (Phi) is 3.02. The van der Waals surface area contributed by atoms with E-state index in [1.807, 2.05) is 13.8 Å². The molecule has 4 N–H and O–H groups in total. The van der Waals surface area contributed by atoms with Gasteiger partial charge in [-0.25, -0.2) is 0 Å². The van der Waals surface area contributed by atoms with Crippen LogP contribution in [0.25, 0.3) is 0 Å². The number of aryl methyl sites for hydroxylation is 2. The highest BCUT2D eigenvalue weighted by molar-refractivity contribution is 5.84. The fourth-order valence-electron chi connectivity index (χ4n) is 1.07. The van der Waals surface area contributed by atoms with Crippen LogP contribution in [0.5, 0.6) is 0 Å². The Labute approximate surface area is 76.7 Å². The van der Waals surface area contributed by atoms with E-state index in [4.69, 9.17) is 5.73 Å². The summed E-state index contributed by atoms with van der Waals surface area (Å²) < 4.78 is 0. The van der Waals surface area contributed by atoms with Gasteiger partial charge in [0.05, 0.1) is 30.2 Å². The molecule has 1 rings (SSSR count). The van der Waals surface area contributed by atoms with Gasteiger partial charge < -0.3 is 11.1 Å². The number of nitrogens with zero attached hydrogens (tertiary/aromatic N) is 1. The van der Waals surface area contributed by atoms with E-state index in [1.165, 1.54) is 0 Å². The van der Waals surface area contributed by atoms with E-state index >= 15 is 0 Å². The lowest BCUT2D eigenvalue weighted by atomic mass is 10.3. The van der Waals surface area contributed by atoms with Crippen molar-refractivity contribution in [3.05, 3.63) is 11.4 Å². The van der Waals surface area contributed by atoms with Crippen LogP contribution in [0.3, 0.4) is 0 Å². The lowest BCUT2D eigenvalue weighted by Gasteiger charge is -2.03. The predicted molar refractivity (Wildman–Crippen MR) is 50.6 cm³/mol. The van der Waals surface area contributed by atoms with Crippen molar-refractivity contribution in [1.29, 1.82) is 0 Å². The fourth-order valence-corrected chi connectivity index (χ4v) is 1.07. The normalized spacial score (nSPS) is 10.1. The molecular weight excluding hydrogens is 168 g/mol. The number of Topliss-reactive ketones (excluding diaryl/α,β-unsaturated/α-hetero) is 1. The van der Waals surface area contributed by atoms with Crippen LogP contribution in [0.4, 0.5) is 5.69 Å². The van der Waals surface area contributed by atoms with Crippen LogP contribution in [0.15, 0.2) is 0 Å². The van der Waals surface area contributed by atoms with Gasteiger partial charge in [-0.15, -0.1) is 0 Å². The molecule has 0 spiro atoms. The minimum absolute atomic E-state index is 0.0139. The number of ketones is 1. The molecule has 0 saturated carbocycles. The summed E-state index contributed by atoms with van der Waals surface area (Å²) in [5, 5.41) is 9.80. The van der Waals surface area contributed by atoms with Gasteiger partial charge in [0.2, 0.25) is 0 Å². The molecule has 0 fully saturated rings. The summed E-state index contributed by atoms with van der Waals surface area (Å²) in [6.07, 6.45) is 0. The number of nitrogens with two attached hydrogens (primary N) is 1. The first-order valence-corrected chi connectivity index (χ1v) is 4.12. The summed E-state index contributed by atoms with van der Waals surface area (Å²) in [4.78, 5) is 10.9. The Morgan fingerprint density at radius 2 is 2.31 bits per heavy atom. The standard InChI is InChI=1S/C8H14N4O/c1-5-8(6(2)12-11-5)10-4-7(13)3-9/h10H,3-4,9H2,1-2H3,(H,11,12). The van der Waals surface area contributed by atoms with Gasteiger partial charge >= 0.3 is 0 Å². The quantitative estimate of drug-likeness (QED) is 0.610. The molecule has 0 aliphatic heterocycles. The number of rotatable bonds is 4. The maximum Gasteiger partial charge on any atom is 0.165 e. The van der Waals surface area contributed by atoms with Crippen molar-refractivity contribution in [2.45, 2.75) is 13.8 Å². The third-order valence-electron chi connectivity index (χ3n) is 1.82. The van der Waals surface area contributed by atoms with Crippen LogP contribution >= 0.6 is 0 Å². The first-order chi connectivity index (χ1) is 6.15. The molecule has 0 saturated heterocycles. The van der Waals surface area contributed by atoms with E-state index < -0.39 is 0 Å². The van der Waals surface area contributed by atoms with Gasteiger partial charge in [0.25, 0.3) is 0 Å². The van der Waals surface area contributed by atoms with Crippen molar-refractivity contribution in [2.75, 3.05) is 18.4 Å². The smallest absolute Gasteiger partial charge is 0.165 e. The molecule has 0 aliphatic rings. The molecule has 72 valence electrons. The summed E-state index contributed by atoms with van der Waals surface area (Å²) in [6.45, 7) is 4.11. The molecule has 0 amide bonds. The molecule has 1 aromatic rings. The minimum atomic E-state index is -0.0139. The summed E-state index contributed by atoms with van der Waals surface area (Å²) >= 11 is 0. The molecule has 0 unspecified atom stereocenters. The van der Waals surface area contributed by atoms with Crippen LogP contribution < -0.4 is 11.1 Å². The average molecular weight is 182 g/mol. The summed E-state index contributed by atoms with van der Waals surface area (Å²) in [7, 11) is 0. The molecule has 0 aromatic carbocycles. The second kappa shape index (κ2) is 4.04. The monoisotopic (exact) mass is 182 g/mol. The van der Waals surface area contributed by atoms with Gasteiger partial charge in [-0.2, -0.15) is 5.10 Å². The Hall–Kier alpha value is -1.36. The molecule has 0 radical (unpaired) electrons. The van der Waals surface area contributed by atoms with Crippen molar-refractivity contribution in [3.8, 4) is 0 Å². The topological polar surface area (TPSA) is 83.8 Å². The zero-order valence-corrected chi connectivity index (χ0v) is 7.85. The number of anilines is 1. The number of carbonyl (C=O) groups excluding carboxylic acids is 1. The van der Waals surface area contributed by atoms with E-state index in [0.29, 0.717) is 0 Å². The summed E-state index contributed by atoms with van der Waals surface area (Å²) in [5.74, 6) is -0.0139. The van der Waals surface area contributed by atoms with Crippen LogP contribution in [0, 0.1) is 13.8 Å². The molecule has 5 nitrogen and oxygen atoms in total. The Morgan fingerprint density at radius 1 is 1.62 bits per heavy atom. The van der Waals surface area contributed by atoms with E-state index in [2.05, 4.69) is 15.5 Å². The van der Waals surface area contributed by atoms with E-state index in [-0.39, 0.29) is 18.9 Å². The first kappa shape index (κ1) is 9.73. The van der Waals surface area contributed by atoms with E-state index in [1.54, 1.807) is 0 Å². The van der Waals surface area contributed by atoms with E-state index in [9.17, 15) is 4.79 Å². The first-order valence-electron chi connectivity index (χ1n) is 4.12. The number of aromatic nitrogens is 2. The lowest BCUT2D eigenvalue weighted by molar-refractivity contribution is -0.116. The summed E-state index contributed by atoms with van der Waals surface area (Å²) in [5.41, 5.74) is 7.86. The number of nitrogens with one attached hydrogen (secondary N) is 2. The van der Waals surface area contributed by atoms with Gasteiger partial charge in [0.1, 0.15) is 0 Å². The number of H-pyrrole nitrogens is 1. The summed E-state index contributed by atoms with van der Waals surface area (Å²) in [6, 6.07) is 0. The van der Waals surface area contributed by atoms with Gasteiger partial charge in [-0.3, -0.25) is 9.89 Å². The van der Waals surface area contributed by atoms with Crippen LogP contribution in [0.1, 0.15) is 11.4 Å². The van der Waals surface area contributed by atoms with Crippen LogP contribution in [0.2, 0.25) is 0 Å². The van der Waals surface area contributed by atoms with Crippen molar-refractivity contribution in [2.24, 2.45) is 5.73 Å². The maximum absolute atomic E-state index is 10.9. The van der Waals surface area contributed by atoms with Gasteiger partial charge in [0, 0.05) is 0 Å². The van der Waals surface area contributed by atoms with Crippen molar-refractivity contribution >= 4 is 11.5 Å². The van der Waals surface area contributed by atoms with Crippen LogP contribution in [-0.2, 0) is 4.79 Å². The largest absolute Gasteiger partial charge is 0.375 e. The van der Waals surface area contributed by atoms with Crippen molar-refractivity contribution in [3.63, 3.8) is 0 Å². The number of hydrogen-bond acceptors (Lipinski definition) is 4. The molecule has 0 atom stereocenters. The highest BCUT2D eigenvalue weighted by atomic mass is 16.1. The minimum Gasteiger partial charge on any atom is -0.375 e. The van der Waals surface area contributed by atoms with Crippen LogP contribution in [-0.4, -0.2) is 29.1 Å². The van der Waals surface area contributed by atoms with Crippen molar-refractivity contribution < 1.29 is 4.79 Å². The predicted octanol–water partition coefficient (Wildman–Crippen LogP) is -0.0338.